The first-order chi connectivity index (χ1) is 14.2. The molecule has 0 fully saturated rings. The lowest BCUT2D eigenvalue weighted by Gasteiger charge is -2.21. The number of ether oxygens (including phenoxy) is 4. The van der Waals surface area contributed by atoms with Crippen LogP contribution in [0.2, 0.25) is 0 Å². The third-order valence-electron chi connectivity index (χ3n) is 4.64. The molecular formula is C21H24FN3O4. The Hall–Kier alpha value is -3.00. The number of rotatable bonds is 6. The fraction of sp³-hybridized carbons (Fsp3) is 0.381. The molecule has 0 saturated heterocycles. The van der Waals surface area contributed by atoms with Gasteiger partial charge in [0.25, 0.3) is 0 Å². The minimum atomic E-state index is -0.281. The molecule has 0 unspecified atom stereocenters. The number of hydrogen-bond donors (Lipinski definition) is 2. The van der Waals surface area contributed by atoms with Gasteiger partial charge in [0.05, 0.1) is 13.2 Å². The quantitative estimate of drug-likeness (QED) is 0.573. The van der Waals surface area contributed by atoms with Crippen LogP contribution in [0.15, 0.2) is 35.3 Å². The standard InChI is InChI=1S/C21H24FN3O4/c1-2-23-21(25-10-14-3-4-18-19(7-14)28-13-27-18)24-6-5-15-8-17(22)9-16-11-26-12-29-20(15)16/h3-4,7-9H,2,5-6,10-13H2,1H3,(H2,23,24,25). The van der Waals surface area contributed by atoms with E-state index in [0.29, 0.717) is 32.1 Å². The Morgan fingerprint density at radius 1 is 1.07 bits per heavy atom. The van der Waals surface area contributed by atoms with Crippen molar-refractivity contribution in [3.8, 4) is 17.2 Å². The van der Waals surface area contributed by atoms with Crippen molar-refractivity contribution in [3.05, 3.63) is 52.8 Å². The minimum Gasteiger partial charge on any atom is -0.467 e. The van der Waals surface area contributed by atoms with Gasteiger partial charge in [-0.15, -0.1) is 0 Å². The molecule has 7 nitrogen and oxygen atoms in total. The summed E-state index contributed by atoms with van der Waals surface area (Å²) in [4.78, 5) is 4.62. The molecule has 2 aromatic rings. The van der Waals surface area contributed by atoms with Gasteiger partial charge in [0, 0.05) is 18.7 Å². The average Bonchev–Trinajstić information content (AvgIpc) is 3.19. The van der Waals surface area contributed by atoms with Crippen molar-refractivity contribution in [3.63, 3.8) is 0 Å². The molecule has 0 radical (unpaired) electrons. The maximum atomic E-state index is 13.9. The summed E-state index contributed by atoms with van der Waals surface area (Å²) < 4.78 is 35.4. The summed E-state index contributed by atoms with van der Waals surface area (Å²) in [5.41, 5.74) is 2.59. The molecular weight excluding hydrogens is 377 g/mol. The van der Waals surface area contributed by atoms with E-state index in [0.717, 1.165) is 40.5 Å². The van der Waals surface area contributed by atoms with Crippen LogP contribution < -0.4 is 24.8 Å². The zero-order valence-electron chi connectivity index (χ0n) is 16.3. The highest BCUT2D eigenvalue weighted by Gasteiger charge is 2.17. The van der Waals surface area contributed by atoms with Crippen LogP contribution in [0, 0.1) is 5.82 Å². The second kappa shape index (κ2) is 9.00. The molecule has 2 heterocycles. The van der Waals surface area contributed by atoms with E-state index in [-0.39, 0.29) is 19.4 Å². The van der Waals surface area contributed by atoms with Gasteiger partial charge in [-0.25, -0.2) is 9.38 Å². The SMILES string of the molecule is CCNC(=NCc1ccc2c(c1)OCO2)NCCc1cc(F)cc2c1OCOC2. The van der Waals surface area contributed by atoms with E-state index in [1.807, 2.05) is 25.1 Å². The van der Waals surface area contributed by atoms with Crippen molar-refractivity contribution in [2.24, 2.45) is 4.99 Å². The van der Waals surface area contributed by atoms with Gasteiger partial charge in [0.15, 0.2) is 24.3 Å². The van der Waals surface area contributed by atoms with Gasteiger partial charge >= 0.3 is 0 Å². The highest BCUT2D eigenvalue weighted by molar-refractivity contribution is 5.79. The second-order valence-corrected chi connectivity index (χ2v) is 6.72. The molecule has 4 rings (SSSR count). The van der Waals surface area contributed by atoms with Gasteiger partial charge in [-0.3, -0.25) is 0 Å². The van der Waals surface area contributed by atoms with Gasteiger partial charge in [0.1, 0.15) is 11.6 Å². The molecule has 2 aliphatic heterocycles. The Bertz CT molecular complexity index is 904. The van der Waals surface area contributed by atoms with E-state index in [1.54, 1.807) is 0 Å². The van der Waals surface area contributed by atoms with Crippen molar-refractivity contribution < 1.29 is 23.3 Å². The number of benzene rings is 2. The van der Waals surface area contributed by atoms with Crippen LogP contribution in [0.5, 0.6) is 17.2 Å². The zero-order chi connectivity index (χ0) is 20.1. The van der Waals surface area contributed by atoms with Crippen LogP contribution in [0.1, 0.15) is 23.6 Å². The summed E-state index contributed by atoms with van der Waals surface area (Å²) in [7, 11) is 0. The first-order valence-corrected chi connectivity index (χ1v) is 9.65. The van der Waals surface area contributed by atoms with Crippen LogP contribution >= 0.6 is 0 Å². The molecule has 2 aromatic carbocycles. The Labute approximate surface area is 168 Å². The Morgan fingerprint density at radius 2 is 1.97 bits per heavy atom. The number of fused-ring (bicyclic) bond motifs is 2. The van der Waals surface area contributed by atoms with E-state index in [4.69, 9.17) is 18.9 Å². The summed E-state index contributed by atoms with van der Waals surface area (Å²) in [6.45, 7) is 4.66. The molecule has 0 spiro atoms. The fourth-order valence-electron chi connectivity index (χ4n) is 3.31. The summed E-state index contributed by atoms with van der Waals surface area (Å²) in [6.07, 6.45) is 0.606. The second-order valence-electron chi connectivity index (χ2n) is 6.72. The normalized spacial score (nSPS) is 14.9. The molecule has 0 aromatic heterocycles. The molecule has 154 valence electrons. The predicted octanol–water partition coefficient (Wildman–Crippen LogP) is 2.72. The number of guanidine groups is 1. The summed E-state index contributed by atoms with van der Waals surface area (Å²) in [5, 5.41) is 6.51. The summed E-state index contributed by atoms with van der Waals surface area (Å²) >= 11 is 0. The largest absolute Gasteiger partial charge is 0.467 e. The minimum absolute atomic E-state index is 0.193. The predicted molar refractivity (Wildman–Crippen MR) is 106 cm³/mol. The molecule has 2 aliphatic rings. The lowest BCUT2D eigenvalue weighted by molar-refractivity contribution is -0.0172. The number of aliphatic imine (C=N–C) groups is 1. The lowest BCUT2D eigenvalue weighted by Crippen LogP contribution is -2.38. The fourth-order valence-corrected chi connectivity index (χ4v) is 3.31. The van der Waals surface area contributed by atoms with E-state index in [9.17, 15) is 4.39 Å². The van der Waals surface area contributed by atoms with Crippen LogP contribution in [0.3, 0.4) is 0 Å². The average molecular weight is 401 g/mol. The molecule has 0 bridgehead atoms. The maximum absolute atomic E-state index is 13.9. The van der Waals surface area contributed by atoms with Crippen molar-refractivity contribution in [1.29, 1.82) is 0 Å². The van der Waals surface area contributed by atoms with Gasteiger partial charge in [-0.05, 0) is 48.7 Å². The molecule has 0 saturated carbocycles. The van der Waals surface area contributed by atoms with Crippen molar-refractivity contribution in [2.45, 2.75) is 26.5 Å². The van der Waals surface area contributed by atoms with E-state index < -0.39 is 0 Å². The molecule has 8 heteroatoms. The number of nitrogens with zero attached hydrogens (tertiary/aromatic N) is 1. The smallest absolute Gasteiger partial charge is 0.231 e. The van der Waals surface area contributed by atoms with Crippen LogP contribution in [0.4, 0.5) is 4.39 Å². The van der Waals surface area contributed by atoms with E-state index in [1.165, 1.54) is 12.1 Å². The monoisotopic (exact) mass is 401 g/mol. The van der Waals surface area contributed by atoms with E-state index in [2.05, 4.69) is 15.6 Å². The van der Waals surface area contributed by atoms with Crippen molar-refractivity contribution in [1.82, 2.24) is 10.6 Å². The first kappa shape index (κ1) is 19.3. The summed E-state index contributed by atoms with van der Waals surface area (Å²) in [5.74, 6) is 2.64. The number of nitrogens with one attached hydrogen (secondary N) is 2. The van der Waals surface area contributed by atoms with Gasteiger partial charge in [-0.2, -0.15) is 0 Å². The molecule has 0 amide bonds. The molecule has 29 heavy (non-hydrogen) atoms. The third kappa shape index (κ3) is 4.71. The van der Waals surface area contributed by atoms with Crippen molar-refractivity contribution >= 4 is 5.96 Å². The Morgan fingerprint density at radius 3 is 2.86 bits per heavy atom. The summed E-state index contributed by atoms with van der Waals surface area (Å²) in [6, 6.07) is 8.78. The number of hydrogen-bond acceptors (Lipinski definition) is 5. The van der Waals surface area contributed by atoms with Crippen molar-refractivity contribution in [2.75, 3.05) is 26.7 Å². The molecule has 0 atom stereocenters. The van der Waals surface area contributed by atoms with Crippen LogP contribution in [-0.4, -0.2) is 32.6 Å². The van der Waals surface area contributed by atoms with Gasteiger partial charge in [0.2, 0.25) is 6.79 Å². The topological polar surface area (TPSA) is 73.3 Å². The highest BCUT2D eigenvalue weighted by Crippen LogP contribution is 2.32. The van der Waals surface area contributed by atoms with Crippen LogP contribution in [0.25, 0.3) is 0 Å². The third-order valence-corrected chi connectivity index (χ3v) is 4.64. The van der Waals surface area contributed by atoms with Gasteiger partial charge < -0.3 is 29.6 Å². The Balaban J connectivity index is 1.38. The highest BCUT2D eigenvalue weighted by atomic mass is 19.1. The van der Waals surface area contributed by atoms with Crippen LogP contribution in [-0.2, 0) is 24.3 Å². The first-order valence-electron chi connectivity index (χ1n) is 9.65. The maximum Gasteiger partial charge on any atom is 0.231 e. The van der Waals surface area contributed by atoms with E-state index >= 15 is 0 Å². The zero-order valence-corrected chi connectivity index (χ0v) is 16.3. The molecule has 2 N–H and O–H groups in total. The number of halogens is 1. The lowest BCUT2D eigenvalue weighted by atomic mass is 10.1. The Kier molecular flexibility index (Phi) is 6.00. The molecule has 0 aliphatic carbocycles. The van der Waals surface area contributed by atoms with Gasteiger partial charge in [-0.1, -0.05) is 6.07 Å².